The van der Waals surface area contributed by atoms with E-state index in [0.717, 1.165) is 0 Å². The molecule has 2 aromatic rings. The molecule has 1 N–H and O–H groups in total. The lowest BCUT2D eigenvalue weighted by atomic mass is 9.85. The van der Waals surface area contributed by atoms with Crippen LogP contribution < -0.4 is 0 Å². The highest BCUT2D eigenvalue weighted by Crippen LogP contribution is 2.36. The second-order valence-corrected chi connectivity index (χ2v) is 4.48. The van der Waals surface area contributed by atoms with Gasteiger partial charge in [-0.1, -0.05) is 25.3 Å². The maximum Gasteiger partial charge on any atom is 0.337 e. The maximum absolute atomic E-state index is 12.5. The number of aromatic carboxylic acids is 1. The zero-order chi connectivity index (χ0) is 15.1. The molecule has 0 bridgehead atoms. The molecule has 0 spiro atoms. The Hall–Kier alpha value is -3.08. The summed E-state index contributed by atoms with van der Waals surface area (Å²) in [5.74, 6) is -1.33. The molecule has 5 nitrogen and oxygen atoms in total. The number of allylic oxidation sites excluding steroid dienone is 4. The summed E-state index contributed by atoms with van der Waals surface area (Å²) in [6, 6.07) is 2.87. The Labute approximate surface area is 120 Å². The summed E-state index contributed by atoms with van der Waals surface area (Å²) in [4.78, 5) is 32.0. The SMILES string of the molecule is C=CC1=C(C=C)c2ncnc3c(C(=O)O)ccc(c23)C1=O. The van der Waals surface area contributed by atoms with Gasteiger partial charge in [0.25, 0.3) is 0 Å². The molecule has 5 heteroatoms. The highest BCUT2D eigenvalue weighted by molar-refractivity contribution is 6.27. The second kappa shape index (κ2) is 4.49. The molecule has 1 aliphatic carbocycles. The number of carbonyl (C=O) groups excluding carboxylic acids is 1. The Balaban J connectivity index is 2.54. The summed E-state index contributed by atoms with van der Waals surface area (Å²) in [5.41, 5.74) is 2.11. The van der Waals surface area contributed by atoms with E-state index >= 15 is 0 Å². The van der Waals surface area contributed by atoms with Gasteiger partial charge in [0.1, 0.15) is 6.33 Å². The van der Waals surface area contributed by atoms with E-state index in [0.29, 0.717) is 27.8 Å². The Morgan fingerprint density at radius 1 is 1.14 bits per heavy atom. The zero-order valence-electron chi connectivity index (χ0n) is 11.0. The summed E-state index contributed by atoms with van der Waals surface area (Å²) >= 11 is 0. The van der Waals surface area contributed by atoms with E-state index < -0.39 is 5.97 Å². The lowest BCUT2D eigenvalue weighted by Gasteiger charge is -2.18. The Bertz CT molecular complexity index is 878. The molecule has 0 atom stereocenters. The van der Waals surface area contributed by atoms with Gasteiger partial charge < -0.3 is 5.11 Å². The van der Waals surface area contributed by atoms with Gasteiger partial charge >= 0.3 is 5.97 Å². The van der Waals surface area contributed by atoms with E-state index in [1.807, 2.05) is 0 Å². The van der Waals surface area contributed by atoms with Crippen molar-refractivity contribution in [1.29, 1.82) is 0 Å². The largest absolute Gasteiger partial charge is 0.478 e. The van der Waals surface area contributed by atoms with Crippen LogP contribution in [0, 0.1) is 0 Å². The number of ketones is 1. The molecule has 3 rings (SSSR count). The fourth-order valence-corrected chi connectivity index (χ4v) is 2.54. The average Bonchev–Trinajstić information content (AvgIpc) is 2.49. The van der Waals surface area contributed by atoms with Crippen LogP contribution in [0.1, 0.15) is 26.4 Å². The molecular weight excluding hydrogens is 268 g/mol. The van der Waals surface area contributed by atoms with Gasteiger partial charge in [-0.05, 0) is 12.1 Å². The predicted molar refractivity (Wildman–Crippen MR) is 78.1 cm³/mol. The number of carboxylic acid groups (broad SMARTS) is 1. The van der Waals surface area contributed by atoms with E-state index in [-0.39, 0.29) is 16.9 Å². The van der Waals surface area contributed by atoms with Crippen molar-refractivity contribution in [2.45, 2.75) is 0 Å². The van der Waals surface area contributed by atoms with E-state index in [2.05, 4.69) is 23.1 Å². The summed E-state index contributed by atoms with van der Waals surface area (Å²) in [7, 11) is 0. The average molecular weight is 278 g/mol. The molecule has 21 heavy (non-hydrogen) atoms. The van der Waals surface area contributed by atoms with Crippen LogP contribution in [0.2, 0.25) is 0 Å². The quantitative estimate of drug-likeness (QED) is 0.933. The fourth-order valence-electron chi connectivity index (χ4n) is 2.54. The van der Waals surface area contributed by atoms with Gasteiger partial charge in [0.2, 0.25) is 0 Å². The molecule has 1 heterocycles. The van der Waals surface area contributed by atoms with Crippen molar-refractivity contribution >= 4 is 28.2 Å². The second-order valence-electron chi connectivity index (χ2n) is 4.48. The van der Waals surface area contributed by atoms with Crippen molar-refractivity contribution < 1.29 is 14.7 Å². The molecular formula is C16H10N2O3. The number of carboxylic acids is 1. The third-order valence-electron chi connectivity index (χ3n) is 3.46. The highest BCUT2D eigenvalue weighted by Gasteiger charge is 2.28. The number of Topliss-reactive ketones (excluding diaryl/α,β-unsaturated/α-hetero) is 1. The molecule has 1 aromatic carbocycles. The third-order valence-corrected chi connectivity index (χ3v) is 3.46. The molecule has 1 aliphatic rings. The van der Waals surface area contributed by atoms with Crippen LogP contribution in [0.3, 0.4) is 0 Å². The van der Waals surface area contributed by atoms with E-state index in [4.69, 9.17) is 0 Å². The van der Waals surface area contributed by atoms with E-state index in [9.17, 15) is 14.7 Å². The monoisotopic (exact) mass is 278 g/mol. The maximum atomic E-state index is 12.5. The zero-order valence-corrected chi connectivity index (χ0v) is 11.0. The highest BCUT2D eigenvalue weighted by atomic mass is 16.4. The van der Waals surface area contributed by atoms with E-state index in [1.54, 1.807) is 0 Å². The van der Waals surface area contributed by atoms with Crippen molar-refractivity contribution in [3.8, 4) is 0 Å². The van der Waals surface area contributed by atoms with Gasteiger partial charge in [0.05, 0.1) is 16.8 Å². The minimum absolute atomic E-state index is 0.0377. The summed E-state index contributed by atoms with van der Waals surface area (Å²) in [5, 5.41) is 9.70. The third kappa shape index (κ3) is 1.64. The summed E-state index contributed by atoms with van der Waals surface area (Å²) in [6.07, 6.45) is 4.27. The smallest absolute Gasteiger partial charge is 0.337 e. The van der Waals surface area contributed by atoms with Crippen LogP contribution >= 0.6 is 0 Å². The van der Waals surface area contributed by atoms with Gasteiger partial charge in [-0.3, -0.25) is 4.79 Å². The molecule has 0 amide bonds. The minimum Gasteiger partial charge on any atom is -0.478 e. The molecule has 102 valence electrons. The summed E-state index contributed by atoms with van der Waals surface area (Å²) in [6.45, 7) is 7.35. The van der Waals surface area contributed by atoms with Gasteiger partial charge in [0, 0.05) is 22.1 Å². The van der Waals surface area contributed by atoms with Crippen molar-refractivity contribution in [2.24, 2.45) is 0 Å². The molecule has 0 fully saturated rings. The van der Waals surface area contributed by atoms with Crippen molar-refractivity contribution in [3.63, 3.8) is 0 Å². The van der Waals surface area contributed by atoms with Gasteiger partial charge in [0.15, 0.2) is 5.78 Å². The minimum atomic E-state index is -1.10. The van der Waals surface area contributed by atoms with Crippen molar-refractivity contribution in [1.82, 2.24) is 9.97 Å². The molecule has 0 saturated carbocycles. The number of nitrogens with zero attached hydrogens (tertiary/aromatic N) is 2. The van der Waals surface area contributed by atoms with Crippen LogP contribution in [0.15, 0.2) is 49.3 Å². The first-order valence-corrected chi connectivity index (χ1v) is 6.15. The molecule has 1 aromatic heterocycles. The topological polar surface area (TPSA) is 80.2 Å². The van der Waals surface area contributed by atoms with Gasteiger partial charge in [-0.2, -0.15) is 0 Å². The van der Waals surface area contributed by atoms with Crippen LogP contribution in [-0.4, -0.2) is 26.8 Å². The fraction of sp³-hybridized carbons (Fsp3) is 0. The molecule has 0 saturated heterocycles. The number of carbonyl (C=O) groups is 2. The number of rotatable bonds is 3. The van der Waals surface area contributed by atoms with Crippen molar-refractivity contribution in [3.05, 3.63) is 66.2 Å². The van der Waals surface area contributed by atoms with E-state index in [1.165, 1.54) is 30.6 Å². The standard InChI is InChI=1S/C16H10N2O3/c1-3-8-9(4-2)15(19)10-5-6-11(16(20)21)14-12(10)13(8)17-7-18-14/h3-7H,1-2H2,(H,20,21). The summed E-state index contributed by atoms with van der Waals surface area (Å²) < 4.78 is 0. The van der Waals surface area contributed by atoms with Gasteiger partial charge in [-0.15, -0.1) is 0 Å². The van der Waals surface area contributed by atoms with Crippen LogP contribution in [0.25, 0.3) is 16.5 Å². The van der Waals surface area contributed by atoms with Crippen molar-refractivity contribution in [2.75, 3.05) is 0 Å². The Morgan fingerprint density at radius 2 is 1.86 bits per heavy atom. The predicted octanol–water partition coefficient (Wildman–Crippen LogP) is 2.65. The van der Waals surface area contributed by atoms with Crippen LogP contribution in [-0.2, 0) is 0 Å². The first-order valence-electron chi connectivity index (χ1n) is 6.15. The number of hydrogen-bond acceptors (Lipinski definition) is 4. The molecule has 0 unspecified atom stereocenters. The molecule has 0 aliphatic heterocycles. The number of aromatic nitrogens is 2. The molecule has 0 radical (unpaired) electrons. The first kappa shape index (κ1) is 12.9. The van der Waals surface area contributed by atoms with Gasteiger partial charge in [-0.25, -0.2) is 14.8 Å². The number of benzene rings is 1. The lowest BCUT2D eigenvalue weighted by Crippen LogP contribution is -2.14. The van der Waals surface area contributed by atoms with Crippen LogP contribution in [0.4, 0.5) is 0 Å². The Kier molecular flexibility index (Phi) is 2.76. The normalized spacial score (nSPS) is 13.4. The first-order chi connectivity index (χ1) is 10.1. The van der Waals surface area contributed by atoms with Crippen LogP contribution in [0.5, 0.6) is 0 Å². The number of hydrogen-bond donors (Lipinski definition) is 1. The lowest BCUT2D eigenvalue weighted by molar-refractivity contribution is 0.0698. The Morgan fingerprint density at radius 3 is 2.48 bits per heavy atom.